The van der Waals surface area contributed by atoms with E-state index in [1.54, 1.807) is 43.5 Å². The molecule has 0 spiro atoms. The molecule has 0 heterocycles. The molecule has 0 unspecified atom stereocenters. The number of methoxy groups -OCH3 is 1. The summed E-state index contributed by atoms with van der Waals surface area (Å²) >= 11 is 0. The minimum absolute atomic E-state index is 0.222. The molecule has 0 aliphatic heterocycles. The van der Waals surface area contributed by atoms with Gasteiger partial charge in [0.1, 0.15) is 23.9 Å². The molecule has 3 rings (SSSR count). The lowest BCUT2D eigenvalue weighted by Crippen LogP contribution is -2.23. The summed E-state index contributed by atoms with van der Waals surface area (Å²) in [6, 6.07) is 20.6. The molecule has 4 nitrogen and oxygen atoms in total. The summed E-state index contributed by atoms with van der Waals surface area (Å²) in [5.74, 6) is 0.733. The number of nitrogens with one attached hydrogen (secondary N) is 1. The van der Waals surface area contributed by atoms with Gasteiger partial charge < -0.3 is 14.8 Å². The Labute approximate surface area is 157 Å². The van der Waals surface area contributed by atoms with Gasteiger partial charge in [0.2, 0.25) is 0 Å². The van der Waals surface area contributed by atoms with Crippen LogP contribution in [0.1, 0.15) is 21.5 Å². The molecule has 27 heavy (non-hydrogen) atoms. The maximum atomic E-state index is 13.0. The van der Waals surface area contributed by atoms with Crippen molar-refractivity contribution in [2.75, 3.05) is 7.11 Å². The quantitative estimate of drug-likeness (QED) is 0.677. The second-order valence-electron chi connectivity index (χ2n) is 5.94. The lowest BCUT2D eigenvalue weighted by molar-refractivity contribution is 0.0946. The topological polar surface area (TPSA) is 47.6 Å². The SMILES string of the molecule is COc1ccc(CNC(=O)c2ccccc2OCc2ccc(F)cc2)cc1. The molecule has 1 N–H and O–H groups in total. The third kappa shape index (κ3) is 5.07. The Morgan fingerprint density at radius 1 is 0.926 bits per heavy atom. The molecule has 0 atom stereocenters. The van der Waals surface area contributed by atoms with Gasteiger partial charge in [0, 0.05) is 6.54 Å². The van der Waals surface area contributed by atoms with Gasteiger partial charge in [-0.15, -0.1) is 0 Å². The van der Waals surface area contributed by atoms with Crippen molar-refractivity contribution in [1.29, 1.82) is 0 Å². The lowest BCUT2D eigenvalue weighted by Gasteiger charge is -2.12. The van der Waals surface area contributed by atoms with Crippen LogP contribution in [0.15, 0.2) is 72.8 Å². The molecule has 0 aliphatic rings. The number of benzene rings is 3. The molecule has 0 bridgehead atoms. The zero-order chi connectivity index (χ0) is 19.1. The molecule has 1 amide bonds. The molecule has 0 radical (unpaired) electrons. The van der Waals surface area contributed by atoms with Crippen LogP contribution in [0.3, 0.4) is 0 Å². The minimum Gasteiger partial charge on any atom is -0.497 e. The Bertz CT molecular complexity index is 892. The number of hydrogen-bond acceptors (Lipinski definition) is 3. The van der Waals surface area contributed by atoms with Crippen LogP contribution in [0.4, 0.5) is 4.39 Å². The number of ether oxygens (including phenoxy) is 2. The van der Waals surface area contributed by atoms with Crippen LogP contribution >= 0.6 is 0 Å². The van der Waals surface area contributed by atoms with E-state index in [0.717, 1.165) is 16.9 Å². The fourth-order valence-electron chi connectivity index (χ4n) is 2.54. The van der Waals surface area contributed by atoms with E-state index >= 15 is 0 Å². The van der Waals surface area contributed by atoms with E-state index in [-0.39, 0.29) is 18.3 Å². The van der Waals surface area contributed by atoms with E-state index in [1.807, 2.05) is 24.3 Å². The van der Waals surface area contributed by atoms with Gasteiger partial charge in [-0.3, -0.25) is 4.79 Å². The number of hydrogen-bond donors (Lipinski definition) is 1. The minimum atomic E-state index is -0.294. The van der Waals surface area contributed by atoms with Crippen molar-refractivity contribution in [2.45, 2.75) is 13.2 Å². The molecule has 0 fully saturated rings. The predicted molar refractivity (Wildman–Crippen MR) is 101 cm³/mol. The fraction of sp³-hybridized carbons (Fsp3) is 0.136. The number of carbonyl (C=O) groups excluding carboxylic acids is 1. The molecule has 0 saturated carbocycles. The molecule has 0 saturated heterocycles. The molecule has 0 aliphatic carbocycles. The average Bonchev–Trinajstić information content (AvgIpc) is 2.72. The Kier molecular flexibility index (Phi) is 6.05. The molecule has 3 aromatic rings. The monoisotopic (exact) mass is 365 g/mol. The van der Waals surface area contributed by atoms with Gasteiger partial charge >= 0.3 is 0 Å². The predicted octanol–water partition coefficient (Wildman–Crippen LogP) is 4.34. The van der Waals surface area contributed by atoms with Gasteiger partial charge in [-0.1, -0.05) is 36.4 Å². The van der Waals surface area contributed by atoms with Crippen molar-refractivity contribution >= 4 is 5.91 Å². The molecule has 0 aromatic heterocycles. The standard InChI is InChI=1S/C22H20FNO3/c1-26-19-12-8-16(9-13-19)14-24-22(25)20-4-2-3-5-21(20)27-15-17-6-10-18(23)11-7-17/h2-13H,14-15H2,1H3,(H,24,25). The van der Waals surface area contributed by atoms with Crippen LogP contribution in [0.25, 0.3) is 0 Å². The van der Waals surface area contributed by atoms with Crippen molar-refractivity contribution < 1.29 is 18.7 Å². The van der Waals surface area contributed by atoms with E-state index < -0.39 is 0 Å². The van der Waals surface area contributed by atoms with Crippen molar-refractivity contribution in [3.63, 3.8) is 0 Å². The molecular weight excluding hydrogens is 345 g/mol. The summed E-state index contributed by atoms with van der Waals surface area (Å²) in [7, 11) is 1.61. The van der Waals surface area contributed by atoms with E-state index in [2.05, 4.69) is 5.32 Å². The van der Waals surface area contributed by atoms with Gasteiger partial charge in [0.15, 0.2) is 0 Å². The molecule has 5 heteroatoms. The fourth-order valence-corrected chi connectivity index (χ4v) is 2.54. The van der Waals surface area contributed by atoms with Gasteiger partial charge in [0.25, 0.3) is 5.91 Å². The second-order valence-corrected chi connectivity index (χ2v) is 5.94. The van der Waals surface area contributed by atoms with Crippen molar-refractivity contribution in [3.05, 3.63) is 95.3 Å². The van der Waals surface area contributed by atoms with Crippen LogP contribution in [-0.4, -0.2) is 13.0 Å². The summed E-state index contributed by atoms with van der Waals surface area (Å²) in [6.07, 6.45) is 0. The number of carbonyl (C=O) groups is 1. The first-order valence-corrected chi connectivity index (χ1v) is 8.53. The van der Waals surface area contributed by atoms with Gasteiger partial charge in [-0.25, -0.2) is 4.39 Å². The highest BCUT2D eigenvalue weighted by atomic mass is 19.1. The molecular formula is C22H20FNO3. The molecule has 3 aromatic carbocycles. The number of amides is 1. The Hall–Kier alpha value is -3.34. The highest BCUT2D eigenvalue weighted by Gasteiger charge is 2.12. The first kappa shape index (κ1) is 18.5. The third-order valence-electron chi connectivity index (χ3n) is 4.05. The maximum absolute atomic E-state index is 13.0. The van der Waals surface area contributed by atoms with E-state index in [1.165, 1.54) is 12.1 Å². The van der Waals surface area contributed by atoms with E-state index in [0.29, 0.717) is 17.9 Å². The third-order valence-corrected chi connectivity index (χ3v) is 4.05. The van der Waals surface area contributed by atoms with E-state index in [9.17, 15) is 9.18 Å². The number of halogens is 1. The summed E-state index contributed by atoms with van der Waals surface area (Å²) in [5, 5.41) is 2.89. The smallest absolute Gasteiger partial charge is 0.255 e. The Morgan fingerprint density at radius 2 is 1.59 bits per heavy atom. The normalized spacial score (nSPS) is 10.3. The molecule has 138 valence electrons. The van der Waals surface area contributed by atoms with Gasteiger partial charge in [0.05, 0.1) is 12.7 Å². The van der Waals surface area contributed by atoms with Crippen molar-refractivity contribution in [3.8, 4) is 11.5 Å². The van der Waals surface area contributed by atoms with Crippen LogP contribution in [-0.2, 0) is 13.2 Å². The Balaban J connectivity index is 1.63. The Morgan fingerprint density at radius 3 is 2.30 bits per heavy atom. The first-order valence-electron chi connectivity index (χ1n) is 8.53. The number of rotatable bonds is 7. The highest BCUT2D eigenvalue weighted by Crippen LogP contribution is 2.20. The van der Waals surface area contributed by atoms with Crippen molar-refractivity contribution in [1.82, 2.24) is 5.32 Å². The summed E-state index contributed by atoms with van der Waals surface area (Å²) in [5.41, 5.74) is 2.24. The summed E-state index contributed by atoms with van der Waals surface area (Å²) < 4.78 is 23.9. The van der Waals surface area contributed by atoms with Crippen LogP contribution in [0.2, 0.25) is 0 Å². The summed E-state index contributed by atoms with van der Waals surface area (Å²) in [6.45, 7) is 0.651. The highest BCUT2D eigenvalue weighted by molar-refractivity contribution is 5.96. The maximum Gasteiger partial charge on any atom is 0.255 e. The lowest BCUT2D eigenvalue weighted by atomic mass is 10.1. The second kappa shape index (κ2) is 8.85. The number of para-hydroxylation sites is 1. The van der Waals surface area contributed by atoms with Crippen LogP contribution in [0.5, 0.6) is 11.5 Å². The average molecular weight is 365 g/mol. The first-order chi connectivity index (χ1) is 13.2. The zero-order valence-electron chi connectivity index (χ0n) is 14.9. The zero-order valence-corrected chi connectivity index (χ0v) is 14.9. The van der Waals surface area contributed by atoms with Crippen LogP contribution < -0.4 is 14.8 Å². The van der Waals surface area contributed by atoms with E-state index in [4.69, 9.17) is 9.47 Å². The van der Waals surface area contributed by atoms with Gasteiger partial charge in [-0.2, -0.15) is 0 Å². The summed E-state index contributed by atoms with van der Waals surface area (Å²) in [4.78, 5) is 12.6. The van der Waals surface area contributed by atoms with Crippen molar-refractivity contribution in [2.24, 2.45) is 0 Å². The largest absolute Gasteiger partial charge is 0.497 e. The van der Waals surface area contributed by atoms with Gasteiger partial charge in [-0.05, 0) is 47.5 Å². The van der Waals surface area contributed by atoms with Crippen LogP contribution in [0, 0.1) is 5.82 Å².